The molecule has 8 nitrogen and oxygen atoms in total. The third kappa shape index (κ3) is 2.67. The van der Waals surface area contributed by atoms with Crippen LogP contribution in [-0.4, -0.2) is 25.4 Å². The molecule has 2 aromatic heterocycles. The van der Waals surface area contributed by atoms with Crippen molar-refractivity contribution in [2.45, 2.75) is 6.92 Å². The Labute approximate surface area is 102 Å². The second kappa shape index (κ2) is 5.04. The third-order valence-corrected chi connectivity index (χ3v) is 1.98. The molecule has 0 unspecified atom stereocenters. The molecule has 0 aliphatic heterocycles. The fraction of sp³-hybridized carbons (Fsp3) is 0.100. The van der Waals surface area contributed by atoms with Gasteiger partial charge in [0, 0.05) is 13.1 Å². The van der Waals surface area contributed by atoms with Crippen molar-refractivity contribution in [3.05, 3.63) is 41.3 Å². The van der Waals surface area contributed by atoms with Crippen LogP contribution in [0.1, 0.15) is 6.92 Å². The normalized spacial score (nSPS) is 9.83. The van der Waals surface area contributed by atoms with Gasteiger partial charge in [0.05, 0.1) is 11.9 Å². The van der Waals surface area contributed by atoms with Gasteiger partial charge in [-0.15, -0.1) is 0 Å². The first-order chi connectivity index (χ1) is 8.66. The summed E-state index contributed by atoms with van der Waals surface area (Å²) >= 11 is 0. The highest BCUT2D eigenvalue weighted by atomic mass is 16.2. The van der Waals surface area contributed by atoms with Crippen LogP contribution in [0.4, 0.5) is 5.95 Å². The van der Waals surface area contributed by atoms with Gasteiger partial charge in [-0.25, -0.2) is 14.3 Å². The van der Waals surface area contributed by atoms with Gasteiger partial charge < -0.3 is 0 Å². The number of nitrogens with zero attached hydrogens (tertiary/aromatic N) is 4. The number of carbonyl (C=O) groups is 1. The molecule has 8 heteroatoms. The summed E-state index contributed by atoms with van der Waals surface area (Å²) in [6.07, 6.45) is 4.42. The van der Waals surface area contributed by atoms with Gasteiger partial charge in [0.1, 0.15) is 6.33 Å². The van der Waals surface area contributed by atoms with E-state index in [-0.39, 0.29) is 11.9 Å². The molecule has 2 heterocycles. The largest absolute Gasteiger partial charge is 0.356 e. The summed E-state index contributed by atoms with van der Waals surface area (Å²) in [7, 11) is 0. The van der Waals surface area contributed by atoms with Gasteiger partial charge in [0.2, 0.25) is 11.9 Å². The van der Waals surface area contributed by atoms with E-state index in [4.69, 9.17) is 0 Å². The zero-order valence-corrected chi connectivity index (χ0v) is 9.49. The Morgan fingerprint density at radius 2 is 2.28 bits per heavy atom. The molecule has 1 amide bonds. The number of carbonyl (C=O) groups excluding carboxylic acids is 1. The van der Waals surface area contributed by atoms with Gasteiger partial charge in [0.15, 0.2) is 0 Å². The van der Waals surface area contributed by atoms with E-state index in [1.165, 1.54) is 24.0 Å². The van der Waals surface area contributed by atoms with Gasteiger partial charge in [-0.2, -0.15) is 4.98 Å². The molecular weight excluding hydrogens is 236 g/mol. The van der Waals surface area contributed by atoms with Gasteiger partial charge in [-0.05, 0) is 12.1 Å². The van der Waals surface area contributed by atoms with Crippen molar-refractivity contribution in [2.75, 3.05) is 5.43 Å². The molecule has 2 aromatic rings. The van der Waals surface area contributed by atoms with Crippen molar-refractivity contribution in [2.24, 2.45) is 0 Å². The predicted molar refractivity (Wildman–Crippen MR) is 62.9 cm³/mol. The molecule has 0 aliphatic rings. The first-order valence-electron chi connectivity index (χ1n) is 5.05. The van der Waals surface area contributed by atoms with E-state index < -0.39 is 5.69 Å². The molecule has 0 fully saturated rings. The van der Waals surface area contributed by atoms with E-state index in [1.807, 2.05) is 0 Å². The van der Waals surface area contributed by atoms with Crippen molar-refractivity contribution in [1.29, 1.82) is 0 Å². The number of hydrogen-bond donors (Lipinski definition) is 2. The Hall–Kier alpha value is -2.77. The number of aromatic nitrogens is 4. The second-order valence-electron chi connectivity index (χ2n) is 3.35. The summed E-state index contributed by atoms with van der Waals surface area (Å²) in [4.78, 5) is 33.8. The molecule has 0 saturated heterocycles. The van der Waals surface area contributed by atoms with Crippen LogP contribution >= 0.6 is 0 Å². The van der Waals surface area contributed by atoms with Gasteiger partial charge in [-0.1, -0.05) is 0 Å². The van der Waals surface area contributed by atoms with E-state index in [9.17, 15) is 9.59 Å². The Kier molecular flexibility index (Phi) is 3.28. The minimum absolute atomic E-state index is 0.0235. The quantitative estimate of drug-likeness (QED) is 0.707. The van der Waals surface area contributed by atoms with Crippen molar-refractivity contribution in [3.63, 3.8) is 0 Å². The average molecular weight is 246 g/mol. The van der Waals surface area contributed by atoms with Crippen LogP contribution < -0.4 is 16.5 Å². The van der Waals surface area contributed by atoms with Crippen molar-refractivity contribution in [3.8, 4) is 5.69 Å². The lowest BCUT2D eigenvalue weighted by molar-refractivity contribution is -0.118. The summed E-state index contributed by atoms with van der Waals surface area (Å²) < 4.78 is 1.24. The highest BCUT2D eigenvalue weighted by Gasteiger charge is 2.03. The highest BCUT2D eigenvalue weighted by molar-refractivity contribution is 5.73. The van der Waals surface area contributed by atoms with Crippen molar-refractivity contribution >= 4 is 11.9 Å². The monoisotopic (exact) mass is 246 g/mol. The molecule has 2 rings (SSSR count). The van der Waals surface area contributed by atoms with E-state index in [2.05, 4.69) is 25.8 Å². The smallest absolute Gasteiger partial charge is 0.274 e. The highest BCUT2D eigenvalue weighted by Crippen LogP contribution is 2.00. The Morgan fingerprint density at radius 3 is 2.89 bits per heavy atom. The molecule has 0 atom stereocenters. The molecule has 2 N–H and O–H groups in total. The van der Waals surface area contributed by atoms with Crippen LogP contribution in [0.15, 0.2) is 35.6 Å². The van der Waals surface area contributed by atoms with E-state index in [0.717, 1.165) is 0 Å². The summed E-state index contributed by atoms with van der Waals surface area (Å²) in [5, 5.41) is 0. The summed E-state index contributed by atoms with van der Waals surface area (Å²) in [6.45, 7) is 1.32. The SMILES string of the molecule is CC(=O)NNc1ncn(-c2cccnc2)c(=O)n1. The number of nitrogens with one attached hydrogen (secondary N) is 2. The van der Waals surface area contributed by atoms with E-state index in [1.54, 1.807) is 18.3 Å². The van der Waals surface area contributed by atoms with Crippen LogP contribution in [0, 0.1) is 0 Å². The van der Waals surface area contributed by atoms with Gasteiger partial charge >= 0.3 is 5.69 Å². The summed E-state index contributed by atoms with van der Waals surface area (Å²) in [5.41, 5.74) is 4.73. The van der Waals surface area contributed by atoms with Crippen LogP contribution in [0.2, 0.25) is 0 Å². The maximum atomic E-state index is 11.7. The molecule has 0 bridgehead atoms. The van der Waals surface area contributed by atoms with E-state index >= 15 is 0 Å². The van der Waals surface area contributed by atoms with E-state index in [0.29, 0.717) is 5.69 Å². The lowest BCUT2D eigenvalue weighted by Crippen LogP contribution is -2.31. The van der Waals surface area contributed by atoms with Crippen LogP contribution in [0.3, 0.4) is 0 Å². The lowest BCUT2D eigenvalue weighted by Gasteiger charge is -2.06. The average Bonchev–Trinajstić information content (AvgIpc) is 2.37. The molecule has 18 heavy (non-hydrogen) atoms. The molecule has 0 aliphatic carbocycles. The zero-order chi connectivity index (χ0) is 13.0. The number of hydrazine groups is 1. The van der Waals surface area contributed by atoms with Crippen LogP contribution in [0.5, 0.6) is 0 Å². The first-order valence-corrected chi connectivity index (χ1v) is 5.05. The molecule has 0 aromatic carbocycles. The Bertz CT molecular complexity index is 609. The van der Waals surface area contributed by atoms with Crippen molar-refractivity contribution < 1.29 is 4.79 Å². The fourth-order valence-corrected chi connectivity index (χ4v) is 1.21. The number of hydrogen-bond acceptors (Lipinski definition) is 6. The maximum Gasteiger partial charge on any atom is 0.356 e. The predicted octanol–water partition coefficient (Wildman–Crippen LogP) is -0.515. The van der Waals surface area contributed by atoms with Crippen LogP contribution in [0.25, 0.3) is 5.69 Å². The fourth-order valence-electron chi connectivity index (χ4n) is 1.21. The van der Waals surface area contributed by atoms with Gasteiger partial charge in [-0.3, -0.25) is 20.6 Å². The lowest BCUT2D eigenvalue weighted by atomic mass is 10.4. The zero-order valence-electron chi connectivity index (χ0n) is 9.49. The third-order valence-electron chi connectivity index (χ3n) is 1.98. The number of amides is 1. The van der Waals surface area contributed by atoms with Crippen molar-refractivity contribution in [1.82, 2.24) is 24.9 Å². The topological polar surface area (TPSA) is 102 Å². The molecule has 0 saturated carbocycles. The molecular formula is C10H10N6O2. The second-order valence-corrected chi connectivity index (χ2v) is 3.35. The first kappa shape index (κ1) is 11.7. The Balaban J connectivity index is 2.26. The summed E-state index contributed by atoms with van der Waals surface area (Å²) in [5.74, 6) is -0.287. The maximum absolute atomic E-state index is 11.7. The minimum Gasteiger partial charge on any atom is -0.274 e. The number of pyridine rings is 1. The molecule has 0 radical (unpaired) electrons. The van der Waals surface area contributed by atoms with Gasteiger partial charge in [0.25, 0.3) is 0 Å². The number of rotatable bonds is 3. The van der Waals surface area contributed by atoms with Crippen LogP contribution in [-0.2, 0) is 4.79 Å². The summed E-state index contributed by atoms with van der Waals surface area (Å²) in [6, 6.07) is 3.41. The Morgan fingerprint density at radius 1 is 1.44 bits per heavy atom. The minimum atomic E-state index is -0.522. The molecule has 0 spiro atoms. The standard InChI is InChI=1S/C10H10N6O2/c1-7(17)14-15-9-12-6-16(10(18)13-9)8-3-2-4-11-5-8/h2-6H,1H3,(H,14,17)(H,13,15,18). The molecule has 92 valence electrons. The number of anilines is 1.